The van der Waals surface area contributed by atoms with Gasteiger partial charge in [-0.25, -0.2) is 0 Å². The van der Waals surface area contributed by atoms with Crippen molar-refractivity contribution >= 4 is 23.3 Å². The molecule has 4 unspecified atom stereocenters. The fraction of sp³-hybridized carbons (Fsp3) is 0.538. The highest BCUT2D eigenvalue weighted by Gasteiger charge is 2.56. The highest BCUT2D eigenvalue weighted by Crippen LogP contribution is 2.49. The van der Waals surface area contributed by atoms with Crippen molar-refractivity contribution in [3.63, 3.8) is 0 Å². The van der Waals surface area contributed by atoms with Gasteiger partial charge in [0.1, 0.15) is 0 Å². The Bertz CT molecular complexity index is 536. The third kappa shape index (κ3) is 1.52. The van der Waals surface area contributed by atoms with E-state index in [4.69, 9.17) is 0 Å². The molecule has 4 aliphatic rings. The molecule has 2 bridgehead atoms. The number of rotatable bonds is 2. The Morgan fingerprint density at radius 1 is 1.16 bits per heavy atom. The van der Waals surface area contributed by atoms with E-state index < -0.39 is 0 Å². The summed E-state index contributed by atoms with van der Waals surface area (Å²) in [5.74, 6) is 0.297. The van der Waals surface area contributed by atoms with Crippen molar-refractivity contribution < 1.29 is 9.59 Å². The molecule has 2 fully saturated rings. The van der Waals surface area contributed by atoms with Crippen LogP contribution in [0.5, 0.6) is 0 Å². The highest BCUT2D eigenvalue weighted by molar-refractivity contribution is 7.05. The Kier molecular flexibility index (Phi) is 2.35. The number of nitrogens with zero attached hydrogens (tertiary/aromatic N) is 3. The first kappa shape index (κ1) is 11.3. The molecule has 6 heteroatoms. The minimum Gasteiger partial charge on any atom is -0.277 e. The molecule has 0 spiro atoms. The summed E-state index contributed by atoms with van der Waals surface area (Å²) in [6.45, 7) is 0.335. The van der Waals surface area contributed by atoms with Gasteiger partial charge in [0.05, 0.1) is 29.5 Å². The first-order valence-corrected chi connectivity index (χ1v) is 7.33. The van der Waals surface area contributed by atoms with Crippen LogP contribution in [0, 0.1) is 23.7 Å². The molecule has 5 rings (SSSR count). The lowest BCUT2D eigenvalue weighted by molar-refractivity contribution is -0.140. The number of imide groups is 1. The molecule has 0 aromatic carbocycles. The van der Waals surface area contributed by atoms with Crippen LogP contribution in [0.2, 0.25) is 0 Å². The minimum atomic E-state index is -0.114. The van der Waals surface area contributed by atoms with Crippen molar-refractivity contribution in [1.82, 2.24) is 14.5 Å². The van der Waals surface area contributed by atoms with E-state index in [0.29, 0.717) is 6.54 Å². The van der Waals surface area contributed by atoms with Crippen LogP contribution in [0.4, 0.5) is 0 Å². The van der Waals surface area contributed by atoms with Gasteiger partial charge in [0.25, 0.3) is 0 Å². The van der Waals surface area contributed by atoms with Crippen molar-refractivity contribution in [3.05, 3.63) is 23.2 Å². The largest absolute Gasteiger partial charge is 0.277 e. The van der Waals surface area contributed by atoms with Gasteiger partial charge in [-0.05, 0) is 36.2 Å². The molecule has 1 saturated heterocycles. The van der Waals surface area contributed by atoms with Gasteiger partial charge in [-0.15, -0.1) is 5.10 Å². The molecule has 1 saturated carbocycles. The zero-order valence-corrected chi connectivity index (χ0v) is 11.0. The summed E-state index contributed by atoms with van der Waals surface area (Å²) in [6, 6.07) is 0. The van der Waals surface area contributed by atoms with Gasteiger partial charge in [-0.1, -0.05) is 16.6 Å². The predicted molar refractivity (Wildman–Crippen MR) is 67.8 cm³/mol. The van der Waals surface area contributed by atoms with Crippen LogP contribution in [0.25, 0.3) is 0 Å². The van der Waals surface area contributed by atoms with Crippen LogP contribution in [0.3, 0.4) is 0 Å². The fourth-order valence-electron chi connectivity index (χ4n) is 3.70. The van der Waals surface area contributed by atoms with E-state index in [9.17, 15) is 9.59 Å². The Hall–Kier alpha value is -1.56. The van der Waals surface area contributed by atoms with Crippen molar-refractivity contribution in [1.29, 1.82) is 0 Å². The number of aromatic nitrogens is 2. The lowest BCUT2D eigenvalue weighted by atomic mass is 9.63. The molecule has 0 N–H and O–H groups in total. The quantitative estimate of drug-likeness (QED) is 0.601. The van der Waals surface area contributed by atoms with E-state index in [0.717, 1.165) is 17.7 Å². The van der Waals surface area contributed by atoms with Gasteiger partial charge in [-0.2, -0.15) is 0 Å². The second-order valence-corrected chi connectivity index (χ2v) is 6.36. The van der Waals surface area contributed by atoms with Gasteiger partial charge in [0.2, 0.25) is 11.8 Å². The summed E-state index contributed by atoms with van der Waals surface area (Å²) in [7, 11) is 0. The van der Waals surface area contributed by atoms with Crippen LogP contribution >= 0.6 is 11.5 Å². The van der Waals surface area contributed by atoms with Gasteiger partial charge in [0, 0.05) is 0 Å². The summed E-state index contributed by atoms with van der Waals surface area (Å²) in [4.78, 5) is 27.3. The Balaban J connectivity index is 1.66. The second kappa shape index (κ2) is 3.96. The maximum Gasteiger partial charge on any atom is 0.234 e. The number of hydrogen-bond donors (Lipinski definition) is 0. The number of likely N-dealkylation sites (tertiary alicyclic amines) is 1. The van der Waals surface area contributed by atoms with E-state index in [1.807, 2.05) is 0 Å². The smallest absolute Gasteiger partial charge is 0.234 e. The predicted octanol–water partition coefficient (Wildman–Crippen LogP) is 1.24. The van der Waals surface area contributed by atoms with Gasteiger partial charge in [0.15, 0.2) is 0 Å². The maximum atomic E-state index is 12.5. The van der Waals surface area contributed by atoms with Crippen molar-refractivity contribution in [3.8, 4) is 0 Å². The standard InChI is InChI=1S/C13H13N3O2S/c17-12-10-7-1-2-8(4-3-7)11(10)13(18)16(12)6-9-5-14-15-19-9/h1-2,5,7-8,10-11H,3-4,6H2. The zero-order valence-electron chi connectivity index (χ0n) is 10.2. The van der Waals surface area contributed by atoms with Crippen molar-refractivity contribution in [2.24, 2.45) is 23.7 Å². The Labute approximate surface area is 114 Å². The topological polar surface area (TPSA) is 63.2 Å². The van der Waals surface area contributed by atoms with Gasteiger partial charge >= 0.3 is 0 Å². The SMILES string of the molecule is O=C1C2C3C=CC(CC3)C2C(=O)N1Cc1cnns1. The molecule has 2 heterocycles. The summed E-state index contributed by atoms with van der Waals surface area (Å²) in [6.07, 6.45) is 7.98. The molecule has 1 aromatic heterocycles. The third-order valence-corrected chi connectivity index (χ3v) is 5.22. The number of fused-ring (bicyclic) bond motifs is 1. The molecular formula is C13H13N3O2S. The zero-order chi connectivity index (χ0) is 13.0. The number of allylic oxidation sites excluding steroid dienone is 2. The molecule has 19 heavy (non-hydrogen) atoms. The molecule has 2 amide bonds. The molecule has 98 valence electrons. The van der Waals surface area contributed by atoms with Gasteiger partial charge in [-0.3, -0.25) is 14.5 Å². The summed E-state index contributed by atoms with van der Waals surface area (Å²) < 4.78 is 3.78. The van der Waals surface area contributed by atoms with E-state index in [1.165, 1.54) is 16.4 Å². The van der Waals surface area contributed by atoms with Crippen LogP contribution < -0.4 is 0 Å². The molecule has 4 atom stereocenters. The minimum absolute atomic E-state index is 0.00227. The molecule has 1 aromatic rings. The molecule has 0 radical (unpaired) electrons. The fourth-order valence-corrected chi connectivity index (χ4v) is 4.19. The average Bonchev–Trinajstić information content (AvgIpc) is 3.04. The number of carbonyl (C=O) groups excluding carboxylic acids is 2. The van der Waals surface area contributed by atoms with E-state index >= 15 is 0 Å². The Morgan fingerprint density at radius 3 is 2.26 bits per heavy atom. The van der Waals surface area contributed by atoms with Crippen LogP contribution in [0.1, 0.15) is 17.7 Å². The highest BCUT2D eigenvalue weighted by atomic mass is 32.1. The normalized spacial score (nSPS) is 36.1. The number of amides is 2. The van der Waals surface area contributed by atoms with Crippen molar-refractivity contribution in [2.75, 3.05) is 0 Å². The second-order valence-electron chi connectivity index (χ2n) is 5.49. The van der Waals surface area contributed by atoms with E-state index in [2.05, 4.69) is 21.7 Å². The molecule has 1 aliphatic heterocycles. The van der Waals surface area contributed by atoms with E-state index in [1.54, 1.807) is 6.20 Å². The third-order valence-electron chi connectivity index (χ3n) is 4.57. The Morgan fingerprint density at radius 2 is 1.79 bits per heavy atom. The molecule has 5 nitrogen and oxygen atoms in total. The maximum absolute atomic E-state index is 12.5. The van der Waals surface area contributed by atoms with Crippen LogP contribution in [-0.2, 0) is 16.1 Å². The van der Waals surface area contributed by atoms with Gasteiger partial charge < -0.3 is 0 Å². The van der Waals surface area contributed by atoms with Crippen LogP contribution in [-0.4, -0.2) is 26.3 Å². The molecular weight excluding hydrogens is 262 g/mol. The first-order valence-electron chi connectivity index (χ1n) is 6.55. The summed E-state index contributed by atoms with van der Waals surface area (Å²) >= 11 is 1.24. The van der Waals surface area contributed by atoms with Crippen LogP contribution in [0.15, 0.2) is 18.3 Å². The van der Waals surface area contributed by atoms with Crippen molar-refractivity contribution in [2.45, 2.75) is 19.4 Å². The summed E-state index contributed by atoms with van der Waals surface area (Å²) in [5, 5.41) is 3.75. The van der Waals surface area contributed by atoms with E-state index in [-0.39, 0.29) is 35.5 Å². The number of carbonyl (C=O) groups is 2. The number of hydrogen-bond acceptors (Lipinski definition) is 5. The lowest BCUT2D eigenvalue weighted by Gasteiger charge is -2.38. The molecule has 3 aliphatic carbocycles. The first-order chi connectivity index (χ1) is 9.25. The monoisotopic (exact) mass is 275 g/mol. The summed E-state index contributed by atoms with van der Waals surface area (Å²) in [5.41, 5.74) is 0. The lowest BCUT2D eigenvalue weighted by Crippen LogP contribution is -2.38. The average molecular weight is 275 g/mol.